The second-order valence-corrected chi connectivity index (χ2v) is 8.62. The van der Waals surface area contributed by atoms with Gasteiger partial charge in [0.05, 0.1) is 19.7 Å². The highest BCUT2D eigenvalue weighted by Crippen LogP contribution is 2.27. The Hall–Kier alpha value is -3.07. The molecule has 0 radical (unpaired) electrons. The molecule has 4 aromatic rings. The zero-order valence-corrected chi connectivity index (χ0v) is 20.3. The van der Waals surface area contributed by atoms with Gasteiger partial charge in [-0.25, -0.2) is 4.79 Å². The molecule has 2 aromatic carbocycles. The highest BCUT2D eigenvalue weighted by molar-refractivity contribution is 6.30. The van der Waals surface area contributed by atoms with Crippen molar-refractivity contribution < 1.29 is 9.47 Å². The number of aryl methyl sites for hydroxylation is 1. The van der Waals surface area contributed by atoms with Crippen LogP contribution in [-0.4, -0.2) is 31.9 Å². The molecule has 0 unspecified atom stereocenters. The van der Waals surface area contributed by atoms with E-state index in [4.69, 9.17) is 32.7 Å². The third kappa shape index (κ3) is 5.04. The van der Waals surface area contributed by atoms with Gasteiger partial charge in [-0.2, -0.15) is 4.98 Å². The van der Waals surface area contributed by atoms with Gasteiger partial charge in [-0.05, 0) is 42.3 Å². The molecule has 0 aliphatic heterocycles. The van der Waals surface area contributed by atoms with Gasteiger partial charge in [-0.3, -0.25) is 18.5 Å². The molecule has 0 amide bonds. The van der Waals surface area contributed by atoms with Gasteiger partial charge in [0, 0.05) is 23.7 Å². The van der Waals surface area contributed by atoms with Crippen molar-refractivity contribution in [3.63, 3.8) is 0 Å². The average Bonchev–Trinajstić information content (AvgIpc) is 3.16. The molecule has 10 heteroatoms. The molecule has 2 heterocycles. The SMILES string of the molecule is CCCOCCn1c(=O)c2c(nc(Oc3cccc(Cl)c3)n2Cc2ccc(Cl)cc2)n(C)c1=O. The molecule has 4 rings (SSSR count). The number of hydrogen-bond acceptors (Lipinski definition) is 5. The van der Waals surface area contributed by atoms with Crippen LogP contribution >= 0.6 is 23.2 Å². The summed E-state index contributed by atoms with van der Waals surface area (Å²) in [4.78, 5) is 30.9. The fourth-order valence-corrected chi connectivity index (χ4v) is 3.89. The molecule has 178 valence electrons. The fraction of sp³-hybridized carbons (Fsp3) is 0.292. The Bertz CT molecular complexity index is 1420. The van der Waals surface area contributed by atoms with Crippen LogP contribution in [0.4, 0.5) is 0 Å². The summed E-state index contributed by atoms with van der Waals surface area (Å²) in [7, 11) is 1.58. The number of rotatable bonds is 9. The van der Waals surface area contributed by atoms with E-state index in [9.17, 15) is 9.59 Å². The van der Waals surface area contributed by atoms with E-state index in [1.807, 2.05) is 19.1 Å². The number of hydrogen-bond donors (Lipinski definition) is 0. The number of fused-ring (bicyclic) bond motifs is 1. The van der Waals surface area contributed by atoms with Crippen LogP contribution in [0.1, 0.15) is 18.9 Å². The largest absolute Gasteiger partial charge is 0.425 e. The maximum atomic E-state index is 13.5. The van der Waals surface area contributed by atoms with E-state index in [1.54, 1.807) is 48.0 Å². The number of imidazole rings is 1. The van der Waals surface area contributed by atoms with Crippen LogP contribution in [0, 0.1) is 0 Å². The van der Waals surface area contributed by atoms with E-state index in [-0.39, 0.29) is 36.9 Å². The van der Waals surface area contributed by atoms with Crippen molar-refractivity contribution in [1.82, 2.24) is 18.7 Å². The summed E-state index contributed by atoms with van der Waals surface area (Å²) in [6, 6.07) is 14.3. The minimum absolute atomic E-state index is 0.137. The van der Waals surface area contributed by atoms with Crippen molar-refractivity contribution >= 4 is 34.4 Å². The third-order valence-electron chi connectivity index (χ3n) is 5.26. The summed E-state index contributed by atoms with van der Waals surface area (Å²) in [5.41, 5.74) is 0.436. The average molecular weight is 503 g/mol. The van der Waals surface area contributed by atoms with Crippen LogP contribution in [0.3, 0.4) is 0 Å². The zero-order chi connectivity index (χ0) is 24.2. The molecular formula is C24H24Cl2N4O4. The molecule has 0 bridgehead atoms. The van der Waals surface area contributed by atoms with Crippen LogP contribution in [0.25, 0.3) is 11.2 Å². The van der Waals surface area contributed by atoms with Gasteiger partial charge in [-0.15, -0.1) is 0 Å². The molecule has 34 heavy (non-hydrogen) atoms. The molecule has 0 atom stereocenters. The molecule has 0 spiro atoms. The number of halogens is 2. The summed E-state index contributed by atoms with van der Waals surface area (Å²) < 4.78 is 15.7. The number of ether oxygens (including phenoxy) is 2. The van der Waals surface area contributed by atoms with E-state index in [2.05, 4.69) is 4.98 Å². The highest BCUT2D eigenvalue weighted by atomic mass is 35.5. The van der Waals surface area contributed by atoms with Crippen LogP contribution in [0.5, 0.6) is 11.8 Å². The molecular weight excluding hydrogens is 479 g/mol. The van der Waals surface area contributed by atoms with Crippen LogP contribution in [0.15, 0.2) is 58.1 Å². The van der Waals surface area contributed by atoms with Gasteiger partial charge in [0.25, 0.3) is 5.56 Å². The van der Waals surface area contributed by atoms with Crippen molar-refractivity contribution in [3.05, 3.63) is 85.0 Å². The summed E-state index contributed by atoms with van der Waals surface area (Å²) in [6.07, 6.45) is 0.851. The van der Waals surface area contributed by atoms with E-state index >= 15 is 0 Å². The first-order valence-electron chi connectivity index (χ1n) is 10.8. The summed E-state index contributed by atoms with van der Waals surface area (Å²) in [5, 5.41) is 1.10. The Morgan fingerprint density at radius 1 is 0.971 bits per heavy atom. The number of benzene rings is 2. The minimum atomic E-state index is -0.469. The number of nitrogens with zero attached hydrogens (tertiary/aromatic N) is 4. The Labute approximate surface area is 205 Å². The molecule has 0 aliphatic rings. The minimum Gasteiger partial charge on any atom is -0.425 e. The van der Waals surface area contributed by atoms with E-state index in [1.165, 1.54) is 9.13 Å². The predicted molar refractivity (Wildman–Crippen MR) is 132 cm³/mol. The number of aromatic nitrogens is 4. The zero-order valence-electron chi connectivity index (χ0n) is 18.8. The molecule has 0 saturated carbocycles. The lowest BCUT2D eigenvalue weighted by molar-refractivity contribution is 0.125. The molecule has 0 aliphatic carbocycles. The smallest absolute Gasteiger partial charge is 0.332 e. The second-order valence-electron chi connectivity index (χ2n) is 7.75. The summed E-state index contributed by atoms with van der Waals surface area (Å²) >= 11 is 12.1. The maximum Gasteiger partial charge on any atom is 0.332 e. The van der Waals surface area contributed by atoms with E-state index in [0.717, 1.165) is 12.0 Å². The molecule has 0 saturated heterocycles. The van der Waals surface area contributed by atoms with E-state index in [0.29, 0.717) is 22.4 Å². The first-order valence-corrected chi connectivity index (χ1v) is 11.6. The fourth-order valence-electron chi connectivity index (χ4n) is 3.58. The van der Waals surface area contributed by atoms with Gasteiger partial charge < -0.3 is 9.47 Å². The van der Waals surface area contributed by atoms with Gasteiger partial charge >= 0.3 is 11.7 Å². The summed E-state index contributed by atoms with van der Waals surface area (Å²) in [5.74, 6) is 0.457. The first-order chi connectivity index (χ1) is 16.4. The molecule has 0 fully saturated rings. The van der Waals surface area contributed by atoms with Gasteiger partial charge in [0.2, 0.25) is 0 Å². The topological polar surface area (TPSA) is 80.3 Å². The summed E-state index contributed by atoms with van der Waals surface area (Å²) in [6.45, 7) is 3.23. The Morgan fingerprint density at radius 2 is 1.74 bits per heavy atom. The monoisotopic (exact) mass is 502 g/mol. The molecule has 0 N–H and O–H groups in total. The predicted octanol–water partition coefficient (Wildman–Crippen LogP) is 4.47. The second kappa shape index (κ2) is 10.5. The lowest BCUT2D eigenvalue weighted by Gasteiger charge is -2.12. The van der Waals surface area contributed by atoms with Crippen molar-refractivity contribution in [2.24, 2.45) is 7.05 Å². The quantitative estimate of drug-likeness (QED) is 0.315. The maximum absolute atomic E-state index is 13.5. The Kier molecular flexibility index (Phi) is 7.41. The third-order valence-corrected chi connectivity index (χ3v) is 5.75. The van der Waals surface area contributed by atoms with E-state index < -0.39 is 11.2 Å². The van der Waals surface area contributed by atoms with Gasteiger partial charge in [0.1, 0.15) is 5.75 Å². The van der Waals surface area contributed by atoms with Gasteiger partial charge in [0.15, 0.2) is 11.2 Å². The molecule has 8 nitrogen and oxygen atoms in total. The van der Waals surface area contributed by atoms with Gasteiger partial charge in [-0.1, -0.05) is 48.3 Å². The highest BCUT2D eigenvalue weighted by Gasteiger charge is 2.22. The standard InChI is InChI=1S/C24H24Cl2N4O4/c1-3-12-33-13-11-29-22(31)20-21(28(2)24(29)32)27-23(34-19-6-4-5-18(26)14-19)30(20)15-16-7-9-17(25)10-8-16/h4-10,14H,3,11-13,15H2,1-2H3. The van der Waals surface area contributed by atoms with Crippen molar-refractivity contribution in [3.8, 4) is 11.8 Å². The van der Waals surface area contributed by atoms with Crippen molar-refractivity contribution in [1.29, 1.82) is 0 Å². The van der Waals surface area contributed by atoms with Crippen LogP contribution < -0.4 is 16.0 Å². The normalized spacial score (nSPS) is 11.3. The lowest BCUT2D eigenvalue weighted by Crippen LogP contribution is -2.40. The lowest BCUT2D eigenvalue weighted by atomic mass is 10.2. The Morgan fingerprint density at radius 3 is 2.44 bits per heavy atom. The molecule has 2 aromatic heterocycles. The van der Waals surface area contributed by atoms with Crippen molar-refractivity contribution in [2.75, 3.05) is 13.2 Å². The van der Waals surface area contributed by atoms with Crippen molar-refractivity contribution in [2.45, 2.75) is 26.4 Å². The Balaban J connectivity index is 1.86. The first kappa shape index (κ1) is 24.1. The van der Waals surface area contributed by atoms with Crippen LogP contribution in [-0.2, 0) is 24.9 Å². The van der Waals surface area contributed by atoms with Crippen LogP contribution in [0.2, 0.25) is 10.0 Å².